The molecule has 190 valence electrons. The van der Waals surface area contributed by atoms with Crippen LogP contribution in [0.1, 0.15) is 46.1 Å². The van der Waals surface area contributed by atoms with Crippen molar-refractivity contribution >= 4 is 11.7 Å². The smallest absolute Gasteiger partial charge is 0.257 e. The van der Waals surface area contributed by atoms with Crippen molar-refractivity contribution in [2.24, 2.45) is 46.8 Å². The Hall–Kier alpha value is -2.66. The molecule has 5 heteroatoms. The molecular weight excluding hydrogens is 450 g/mol. The van der Waals surface area contributed by atoms with E-state index in [9.17, 15) is 14.7 Å². The van der Waals surface area contributed by atoms with Crippen molar-refractivity contribution in [1.82, 2.24) is 5.32 Å². The standard InChI is InChI=1S/C31H37NO4/c1-6-20-12-18(4)25-24-23(20)27(33)22-15-31(35,32-29(22)34)14-19-7-9-21(10-8-19)36-28(24)26-17(3)11-16(2)13-30(25,26)5/h6-10,12,15-17,20,23-26,28,35H,1,11,13-14H2,2-5H3,(H,32,34)/t16?,17?,20?,23?,24?,25?,26?,28?,30?,31-/m1/s1. The molecule has 4 bridgehead atoms. The zero-order chi connectivity index (χ0) is 25.6. The van der Waals surface area contributed by atoms with E-state index in [1.165, 1.54) is 11.6 Å². The summed E-state index contributed by atoms with van der Waals surface area (Å²) < 4.78 is 6.91. The van der Waals surface area contributed by atoms with Crippen LogP contribution in [0.2, 0.25) is 0 Å². The van der Waals surface area contributed by atoms with Crippen LogP contribution in [0, 0.1) is 46.8 Å². The topological polar surface area (TPSA) is 75.6 Å². The van der Waals surface area contributed by atoms with Crippen LogP contribution in [0.5, 0.6) is 5.75 Å². The number of rotatable bonds is 1. The SMILES string of the molecule is C=CC1C=C(C)C2C3C(Oc4ccc(cc4)C[C@@]4(O)C=C(C(=O)N4)C(=O)C13)C1C(C)CC(C)CC21C. The molecule has 6 aliphatic rings. The quantitative estimate of drug-likeness (QED) is 0.448. The van der Waals surface area contributed by atoms with Crippen LogP contribution in [-0.4, -0.2) is 28.6 Å². The van der Waals surface area contributed by atoms with Gasteiger partial charge in [0.2, 0.25) is 0 Å². The number of aliphatic hydroxyl groups is 1. The van der Waals surface area contributed by atoms with Crippen LogP contribution >= 0.6 is 0 Å². The van der Waals surface area contributed by atoms with Gasteiger partial charge in [-0.15, -0.1) is 6.58 Å². The molecule has 36 heavy (non-hydrogen) atoms. The number of fused-ring (bicyclic) bond motifs is 4. The molecule has 0 spiro atoms. The second kappa shape index (κ2) is 7.92. The summed E-state index contributed by atoms with van der Waals surface area (Å²) in [6, 6.07) is 7.82. The number of hydrogen-bond donors (Lipinski definition) is 2. The van der Waals surface area contributed by atoms with Gasteiger partial charge < -0.3 is 15.2 Å². The number of hydrogen-bond acceptors (Lipinski definition) is 4. The maximum absolute atomic E-state index is 14.3. The maximum Gasteiger partial charge on any atom is 0.257 e. The van der Waals surface area contributed by atoms with Crippen LogP contribution < -0.4 is 10.1 Å². The molecule has 3 aliphatic carbocycles. The van der Waals surface area contributed by atoms with E-state index in [1.54, 1.807) is 0 Å². The van der Waals surface area contributed by atoms with E-state index in [-0.39, 0.29) is 47.0 Å². The average molecular weight is 488 g/mol. The molecule has 1 aromatic carbocycles. The summed E-state index contributed by atoms with van der Waals surface area (Å²) in [4.78, 5) is 27.4. The summed E-state index contributed by atoms with van der Waals surface area (Å²) >= 11 is 0. The van der Waals surface area contributed by atoms with Crippen LogP contribution in [0.25, 0.3) is 0 Å². The Bertz CT molecular complexity index is 1200. The predicted molar refractivity (Wildman–Crippen MR) is 138 cm³/mol. The third-order valence-corrected chi connectivity index (χ3v) is 10.0. The molecule has 0 aromatic heterocycles. The number of ketones is 1. The Kier molecular flexibility index (Phi) is 5.22. The number of ether oxygens (including phenoxy) is 1. The van der Waals surface area contributed by atoms with Gasteiger partial charge in [0, 0.05) is 30.1 Å². The fourth-order valence-electron chi connectivity index (χ4n) is 9.24. The Balaban J connectivity index is 1.59. The van der Waals surface area contributed by atoms with Crippen LogP contribution in [0.15, 0.2) is 60.2 Å². The summed E-state index contributed by atoms with van der Waals surface area (Å²) in [7, 11) is 0. The number of amides is 1. The highest BCUT2D eigenvalue weighted by Crippen LogP contribution is 2.67. The lowest BCUT2D eigenvalue weighted by atomic mass is 9.55. The van der Waals surface area contributed by atoms with E-state index in [2.05, 4.69) is 45.7 Å². The summed E-state index contributed by atoms with van der Waals surface area (Å²) in [5, 5.41) is 13.9. The number of carbonyl (C=O) groups excluding carboxylic acids is 2. The number of Topliss-reactive ketones (excluding diaryl/α,β-unsaturated/α-hetero) is 1. The van der Waals surface area contributed by atoms with Crippen molar-refractivity contribution in [3.63, 3.8) is 0 Å². The van der Waals surface area contributed by atoms with Gasteiger partial charge in [-0.3, -0.25) is 9.59 Å². The Morgan fingerprint density at radius 2 is 1.92 bits per heavy atom. The van der Waals surface area contributed by atoms with Gasteiger partial charge >= 0.3 is 0 Å². The molecule has 3 aliphatic heterocycles. The number of nitrogens with one attached hydrogen (secondary N) is 1. The number of carbonyl (C=O) groups is 2. The molecule has 10 atom stereocenters. The highest BCUT2D eigenvalue weighted by Gasteiger charge is 2.66. The third-order valence-electron chi connectivity index (χ3n) is 10.0. The summed E-state index contributed by atoms with van der Waals surface area (Å²) in [6.07, 6.45) is 7.78. The van der Waals surface area contributed by atoms with Gasteiger partial charge in [0.05, 0.1) is 5.57 Å². The Morgan fingerprint density at radius 1 is 1.19 bits per heavy atom. The lowest BCUT2D eigenvalue weighted by molar-refractivity contribution is -0.128. The van der Waals surface area contributed by atoms with E-state index in [0.717, 1.165) is 24.2 Å². The van der Waals surface area contributed by atoms with Crippen LogP contribution in [-0.2, 0) is 16.0 Å². The molecule has 1 amide bonds. The van der Waals surface area contributed by atoms with Crippen molar-refractivity contribution in [2.45, 2.75) is 58.8 Å². The van der Waals surface area contributed by atoms with E-state index in [4.69, 9.17) is 4.74 Å². The van der Waals surface area contributed by atoms with Gasteiger partial charge in [-0.05, 0) is 66.7 Å². The molecule has 2 N–H and O–H groups in total. The van der Waals surface area contributed by atoms with Crippen molar-refractivity contribution in [2.75, 3.05) is 0 Å². The van der Waals surface area contributed by atoms with Crippen molar-refractivity contribution in [3.8, 4) is 5.75 Å². The maximum atomic E-state index is 14.3. The minimum Gasteiger partial charge on any atom is -0.490 e. The Labute approximate surface area is 213 Å². The Morgan fingerprint density at radius 3 is 2.61 bits per heavy atom. The van der Waals surface area contributed by atoms with E-state index in [0.29, 0.717) is 17.8 Å². The molecular formula is C31H37NO4. The lowest BCUT2D eigenvalue weighted by Crippen LogP contribution is -2.46. The van der Waals surface area contributed by atoms with Crippen molar-refractivity contribution in [1.29, 1.82) is 0 Å². The molecule has 2 saturated carbocycles. The highest BCUT2D eigenvalue weighted by atomic mass is 16.5. The van der Waals surface area contributed by atoms with Gasteiger partial charge in [-0.2, -0.15) is 0 Å². The fraction of sp³-hybridized carbons (Fsp3) is 0.548. The predicted octanol–water partition coefficient (Wildman–Crippen LogP) is 4.62. The molecule has 5 nitrogen and oxygen atoms in total. The van der Waals surface area contributed by atoms with Crippen molar-refractivity contribution in [3.05, 3.63) is 65.8 Å². The summed E-state index contributed by atoms with van der Waals surface area (Å²) in [5.41, 5.74) is 0.635. The van der Waals surface area contributed by atoms with Crippen LogP contribution in [0.3, 0.4) is 0 Å². The second-order valence-corrected chi connectivity index (χ2v) is 12.6. The molecule has 9 unspecified atom stereocenters. The third kappa shape index (κ3) is 3.31. The zero-order valence-corrected chi connectivity index (χ0v) is 21.7. The fourth-order valence-corrected chi connectivity index (χ4v) is 9.24. The van der Waals surface area contributed by atoms with Gasteiger partial charge in [0.1, 0.15) is 11.9 Å². The first-order valence-electron chi connectivity index (χ1n) is 13.4. The zero-order valence-electron chi connectivity index (χ0n) is 21.7. The van der Waals surface area contributed by atoms with Crippen molar-refractivity contribution < 1.29 is 19.4 Å². The van der Waals surface area contributed by atoms with Gasteiger partial charge in [-0.1, -0.05) is 50.6 Å². The molecule has 0 radical (unpaired) electrons. The highest BCUT2D eigenvalue weighted by molar-refractivity contribution is 6.22. The largest absolute Gasteiger partial charge is 0.490 e. The first-order valence-corrected chi connectivity index (χ1v) is 13.4. The summed E-state index contributed by atoms with van der Waals surface area (Å²) in [6.45, 7) is 13.4. The number of benzene rings is 1. The molecule has 1 aromatic rings. The molecule has 3 heterocycles. The second-order valence-electron chi connectivity index (χ2n) is 12.6. The number of allylic oxidation sites excluding steroid dienone is 3. The lowest BCUT2D eigenvalue weighted by Gasteiger charge is -2.48. The van der Waals surface area contributed by atoms with E-state index < -0.39 is 17.6 Å². The minimum atomic E-state index is -1.58. The average Bonchev–Trinajstić information content (AvgIpc) is 3.24. The van der Waals surface area contributed by atoms with Crippen LogP contribution in [0.4, 0.5) is 0 Å². The normalized spacial score (nSPS) is 45.1. The monoisotopic (exact) mass is 487 g/mol. The minimum absolute atomic E-state index is 0.0122. The first-order chi connectivity index (χ1) is 17.0. The first kappa shape index (κ1) is 23.7. The van der Waals surface area contributed by atoms with Gasteiger partial charge in [0.25, 0.3) is 5.91 Å². The summed E-state index contributed by atoms with van der Waals surface area (Å²) in [5.74, 6) is 0.862. The van der Waals surface area contributed by atoms with E-state index in [1.807, 2.05) is 30.3 Å². The van der Waals surface area contributed by atoms with Gasteiger partial charge in [0.15, 0.2) is 11.5 Å². The van der Waals surface area contributed by atoms with Gasteiger partial charge in [-0.25, -0.2) is 0 Å². The molecule has 7 rings (SSSR count). The van der Waals surface area contributed by atoms with E-state index >= 15 is 0 Å². The molecule has 2 fully saturated rings. The molecule has 0 saturated heterocycles.